The first-order valence-electron chi connectivity index (χ1n) is 10.8. The van der Waals surface area contributed by atoms with Gasteiger partial charge in [0.15, 0.2) is 6.17 Å². The van der Waals surface area contributed by atoms with E-state index in [1.54, 1.807) is 18.4 Å². The molecule has 0 bridgehead atoms. The monoisotopic (exact) mass is 461 g/mol. The van der Waals surface area contributed by atoms with E-state index < -0.39 is 41.6 Å². The largest absolute Gasteiger partial charge is 0.388 e. The molecule has 1 aliphatic heterocycles. The number of benzene rings is 1. The highest BCUT2D eigenvalue weighted by atomic mass is 32.1. The molecule has 0 radical (unpaired) electrons. The number of likely N-dealkylation sites (tertiary alicyclic amines) is 1. The summed E-state index contributed by atoms with van der Waals surface area (Å²) in [5, 5.41) is 17.8. The van der Waals surface area contributed by atoms with E-state index in [9.17, 15) is 19.1 Å². The standard InChI is InChI=1S/C24H32FN3O3S/c1-14-10-11-32-20(14)16-8-6-15(7-9-16)12-27-22(30)19-18(25)17(29)13-28(19)23(31)21(26-5)24(2,3)4/h6-11,17-19,21,26,29H,12-13H2,1-5H3,(H,27,30)/t17-,18-,19-,21+/m0/s1. The number of thiophene rings is 1. The molecule has 2 heterocycles. The first kappa shape index (κ1) is 24.4. The SMILES string of the molecule is CN[C@H](C(=O)N1C[C@H](O)[C@H](F)[C@H]1C(=O)NCc1ccc(-c2sccc2C)cc1)C(C)(C)C. The molecule has 0 aliphatic carbocycles. The minimum absolute atomic E-state index is 0.207. The lowest BCUT2D eigenvalue weighted by Crippen LogP contribution is -2.57. The Balaban J connectivity index is 1.69. The van der Waals surface area contributed by atoms with Gasteiger partial charge in [-0.15, -0.1) is 11.3 Å². The lowest BCUT2D eigenvalue weighted by atomic mass is 9.86. The molecule has 1 aromatic carbocycles. The Labute approximate surface area is 192 Å². The Kier molecular flexibility index (Phi) is 7.37. The molecule has 2 amide bonds. The van der Waals surface area contributed by atoms with Crippen LogP contribution in [0.3, 0.4) is 0 Å². The van der Waals surface area contributed by atoms with E-state index in [1.807, 2.05) is 50.4 Å². The molecule has 174 valence electrons. The summed E-state index contributed by atoms with van der Waals surface area (Å²) in [6, 6.07) is 7.94. The molecule has 0 unspecified atom stereocenters. The summed E-state index contributed by atoms with van der Waals surface area (Å²) in [7, 11) is 1.66. The van der Waals surface area contributed by atoms with Crippen molar-refractivity contribution in [3.63, 3.8) is 0 Å². The van der Waals surface area contributed by atoms with Gasteiger partial charge in [0.2, 0.25) is 11.8 Å². The van der Waals surface area contributed by atoms with Crippen LogP contribution in [0.4, 0.5) is 4.39 Å². The van der Waals surface area contributed by atoms with E-state index in [-0.39, 0.29) is 13.1 Å². The first-order chi connectivity index (χ1) is 15.0. The molecule has 32 heavy (non-hydrogen) atoms. The van der Waals surface area contributed by atoms with Crippen molar-refractivity contribution < 1.29 is 19.1 Å². The van der Waals surface area contributed by atoms with Crippen molar-refractivity contribution >= 4 is 23.2 Å². The average molecular weight is 462 g/mol. The lowest BCUT2D eigenvalue weighted by molar-refractivity contribution is -0.143. The number of β-amino-alcohol motifs (C(OH)–C–C–N with tert-alkyl or cyclic N) is 1. The van der Waals surface area contributed by atoms with Crippen LogP contribution in [0.25, 0.3) is 10.4 Å². The van der Waals surface area contributed by atoms with Crippen LogP contribution >= 0.6 is 11.3 Å². The van der Waals surface area contributed by atoms with Crippen molar-refractivity contribution in [1.82, 2.24) is 15.5 Å². The number of amides is 2. The van der Waals surface area contributed by atoms with Crippen LogP contribution < -0.4 is 10.6 Å². The first-order valence-corrected chi connectivity index (χ1v) is 11.6. The summed E-state index contributed by atoms with van der Waals surface area (Å²) in [5.74, 6) is -1.00. The van der Waals surface area contributed by atoms with Gasteiger partial charge in [-0.1, -0.05) is 45.0 Å². The number of carbonyl (C=O) groups excluding carboxylic acids is 2. The number of aliphatic hydroxyl groups excluding tert-OH is 1. The van der Waals surface area contributed by atoms with Crippen LogP contribution in [0.2, 0.25) is 0 Å². The number of likely N-dealkylation sites (N-methyl/N-ethyl adjacent to an activating group) is 1. The van der Waals surface area contributed by atoms with Crippen LogP contribution in [0.1, 0.15) is 31.9 Å². The van der Waals surface area contributed by atoms with Crippen molar-refractivity contribution in [3.8, 4) is 10.4 Å². The van der Waals surface area contributed by atoms with E-state index in [0.29, 0.717) is 0 Å². The highest BCUT2D eigenvalue weighted by molar-refractivity contribution is 7.13. The maximum Gasteiger partial charge on any atom is 0.246 e. The second kappa shape index (κ2) is 9.68. The predicted molar refractivity (Wildman–Crippen MR) is 125 cm³/mol. The number of carbonyl (C=O) groups is 2. The Morgan fingerprint density at radius 3 is 2.44 bits per heavy atom. The van der Waals surface area contributed by atoms with Gasteiger partial charge >= 0.3 is 0 Å². The normalized spacial score (nSPS) is 22.1. The lowest BCUT2D eigenvalue weighted by Gasteiger charge is -2.34. The molecular weight excluding hydrogens is 429 g/mol. The van der Waals surface area contributed by atoms with Crippen molar-refractivity contribution in [3.05, 3.63) is 46.8 Å². The molecule has 0 spiro atoms. The molecule has 3 rings (SSSR count). The molecule has 1 aliphatic rings. The summed E-state index contributed by atoms with van der Waals surface area (Å²) >= 11 is 1.67. The number of aryl methyl sites for hydroxylation is 1. The zero-order valence-electron chi connectivity index (χ0n) is 19.2. The molecule has 6 nitrogen and oxygen atoms in total. The Hall–Kier alpha value is -2.29. The summed E-state index contributed by atoms with van der Waals surface area (Å²) in [6.07, 6.45) is -3.22. The summed E-state index contributed by atoms with van der Waals surface area (Å²) in [4.78, 5) is 28.3. The van der Waals surface area contributed by atoms with Crippen molar-refractivity contribution in [2.75, 3.05) is 13.6 Å². The second-order valence-corrected chi connectivity index (χ2v) is 10.3. The van der Waals surface area contributed by atoms with E-state index >= 15 is 0 Å². The molecule has 4 atom stereocenters. The van der Waals surface area contributed by atoms with Gasteiger partial charge in [0, 0.05) is 11.4 Å². The molecule has 8 heteroatoms. The van der Waals surface area contributed by atoms with E-state index in [0.717, 1.165) is 11.1 Å². The maximum absolute atomic E-state index is 14.8. The zero-order valence-corrected chi connectivity index (χ0v) is 20.0. The number of aliphatic hydroxyl groups is 1. The molecule has 2 aromatic rings. The van der Waals surface area contributed by atoms with Gasteiger partial charge in [0.05, 0.1) is 12.6 Å². The maximum atomic E-state index is 14.8. The van der Waals surface area contributed by atoms with Crippen LogP contribution in [0, 0.1) is 12.3 Å². The second-order valence-electron chi connectivity index (χ2n) is 9.38. The van der Waals surface area contributed by atoms with E-state index in [2.05, 4.69) is 23.6 Å². The van der Waals surface area contributed by atoms with Crippen LogP contribution in [-0.2, 0) is 16.1 Å². The molecule has 1 fully saturated rings. The van der Waals surface area contributed by atoms with Gasteiger partial charge in [-0.3, -0.25) is 9.59 Å². The number of alkyl halides is 1. The minimum Gasteiger partial charge on any atom is -0.388 e. The molecule has 3 N–H and O–H groups in total. The van der Waals surface area contributed by atoms with Gasteiger partial charge in [-0.05, 0) is 47.5 Å². The van der Waals surface area contributed by atoms with Gasteiger partial charge in [-0.2, -0.15) is 0 Å². The minimum atomic E-state index is -1.83. The Morgan fingerprint density at radius 1 is 1.25 bits per heavy atom. The number of halogens is 1. The van der Waals surface area contributed by atoms with Crippen LogP contribution in [-0.4, -0.2) is 59.8 Å². The highest BCUT2D eigenvalue weighted by Crippen LogP contribution is 2.30. The fourth-order valence-corrected chi connectivity index (χ4v) is 5.07. The molecule has 0 saturated carbocycles. The number of hydrogen-bond acceptors (Lipinski definition) is 5. The summed E-state index contributed by atoms with van der Waals surface area (Å²) in [5.41, 5.74) is 2.75. The van der Waals surface area contributed by atoms with Crippen molar-refractivity contribution in [2.24, 2.45) is 5.41 Å². The van der Waals surface area contributed by atoms with Gasteiger partial charge in [0.1, 0.15) is 12.1 Å². The van der Waals surface area contributed by atoms with Crippen LogP contribution in [0.15, 0.2) is 35.7 Å². The number of hydrogen-bond donors (Lipinski definition) is 3. The molecule has 1 saturated heterocycles. The van der Waals surface area contributed by atoms with Crippen LogP contribution in [0.5, 0.6) is 0 Å². The molecule has 1 aromatic heterocycles. The number of nitrogens with zero attached hydrogens (tertiary/aromatic N) is 1. The third-order valence-corrected chi connectivity index (χ3v) is 6.95. The topological polar surface area (TPSA) is 81.7 Å². The Bertz CT molecular complexity index is 954. The number of nitrogens with one attached hydrogen (secondary N) is 2. The Morgan fingerprint density at radius 2 is 1.91 bits per heavy atom. The predicted octanol–water partition coefficient (Wildman–Crippen LogP) is 2.88. The number of rotatable bonds is 6. The van der Waals surface area contributed by atoms with Gasteiger partial charge < -0.3 is 20.6 Å². The third kappa shape index (κ3) is 5.03. The third-order valence-electron chi connectivity index (χ3n) is 5.89. The fraction of sp³-hybridized carbons (Fsp3) is 0.500. The van der Waals surface area contributed by atoms with Gasteiger partial charge in [0.25, 0.3) is 0 Å². The van der Waals surface area contributed by atoms with E-state index in [1.165, 1.54) is 15.3 Å². The summed E-state index contributed by atoms with van der Waals surface area (Å²) < 4.78 is 14.8. The van der Waals surface area contributed by atoms with Crippen molar-refractivity contribution in [2.45, 2.75) is 58.6 Å². The van der Waals surface area contributed by atoms with Crippen molar-refractivity contribution in [1.29, 1.82) is 0 Å². The molecular formula is C24H32FN3O3S. The smallest absolute Gasteiger partial charge is 0.246 e. The summed E-state index contributed by atoms with van der Waals surface area (Å²) in [6.45, 7) is 7.74. The van der Waals surface area contributed by atoms with Gasteiger partial charge in [-0.25, -0.2) is 4.39 Å². The quantitative estimate of drug-likeness (QED) is 0.618. The fourth-order valence-electron chi connectivity index (χ4n) is 4.14. The average Bonchev–Trinajstić information content (AvgIpc) is 3.29. The zero-order chi connectivity index (χ0) is 23.6. The highest BCUT2D eigenvalue weighted by Gasteiger charge is 2.50. The van der Waals surface area contributed by atoms with E-state index in [4.69, 9.17) is 0 Å².